The largest absolute Gasteiger partial charge is 0.481 e. The number of carboxylic acid groups (broad SMARTS) is 1. The van der Waals surface area contributed by atoms with Gasteiger partial charge in [0.2, 0.25) is 0 Å². The van der Waals surface area contributed by atoms with Crippen LogP contribution in [0.4, 0.5) is 0 Å². The van der Waals surface area contributed by atoms with Crippen LogP contribution in [0.25, 0.3) is 0 Å². The number of carbonyl (C=O) groups is 1. The summed E-state index contributed by atoms with van der Waals surface area (Å²) < 4.78 is 5.80. The monoisotopic (exact) mass is 442 g/mol. The summed E-state index contributed by atoms with van der Waals surface area (Å²) in [5.74, 6) is -0.833. The summed E-state index contributed by atoms with van der Waals surface area (Å²) in [5.41, 5.74) is 0. The van der Waals surface area contributed by atoms with E-state index in [1.807, 2.05) is 0 Å². The van der Waals surface area contributed by atoms with Gasteiger partial charge < -0.3 is 9.84 Å². The Bertz CT molecular complexity index is 289. The van der Waals surface area contributed by atoms with Gasteiger partial charge in [0.05, 0.1) is 0 Å². The highest BCUT2D eigenvalue weighted by atomic mass is 16.5. The average molecular weight is 443 g/mol. The maximum Gasteiger partial charge on any atom is 0.300 e. The lowest BCUT2D eigenvalue weighted by molar-refractivity contribution is -0.134. The van der Waals surface area contributed by atoms with Crippen LogP contribution in [0.3, 0.4) is 0 Å². The van der Waals surface area contributed by atoms with Gasteiger partial charge in [-0.15, -0.1) is 0 Å². The molecule has 0 amide bonds. The summed E-state index contributed by atoms with van der Waals surface area (Å²) in [6.07, 6.45) is 31.1. The van der Waals surface area contributed by atoms with E-state index in [9.17, 15) is 0 Å². The van der Waals surface area contributed by atoms with Gasteiger partial charge in [0.1, 0.15) is 0 Å². The minimum Gasteiger partial charge on any atom is -0.481 e. The first-order valence-electron chi connectivity index (χ1n) is 13.9. The molecule has 0 atom stereocenters. The Morgan fingerprint density at radius 2 is 0.677 bits per heavy atom. The number of unbranched alkanes of at least 4 members (excludes halogenated alkanes) is 20. The Kier molecular flexibility index (Phi) is 33.3. The van der Waals surface area contributed by atoms with Gasteiger partial charge in [-0.1, -0.05) is 142 Å². The topological polar surface area (TPSA) is 46.5 Å². The van der Waals surface area contributed by atoms with Crippen molar-refractivity contribution in [2.24, 2.45) is 0 Å². The van der Waals surface area contributed by atoms with Crippen molar-refractivity contribution in [3.63, 3.8) is 0 Å². The minimum absolute atomic E-state index is 0.833. The first-order valence-corrected chi connectivity index (χ1v) is 13.9. The van der Waals surface area contributed by atoms with E-state index in [0.717, 1.165) is 20.1 Å². The van der Waals surface area contributed by atoms with Crippen LogP contribution >= 0.6 is 0 Å². The van der Waals surface area contributed by atoms with Crippen molar-refractivity contribution in [2.75, 3.05) is 13.2 Å². The molecule has 0 aliphatic rings. The molecule has 3 heteroatoms. The van der Waals surface area contributed by atoms with E-state index < -0.39 is 5.97 Å². The molecule has 0 unspecified atom stereocenters. The normalized spacial score (nSPS) is 10.7. The molecule has 0 fully saturated rings. The van der Waals surface area contributed by atoms with Gasteiger partial charge in [0.15, 0.2) is 0 Å². The molecule has 0 heterocycles. The Labute approximate surface area is 196 Å². The minimum atomic E-state index is -0.833. The molecule has 188 valence electrons. The third-order valence-electron chi connectivity index (χ3n) is 5.78. The summed E-state index contributed by atoms with van der Waals surface area (Å²) in [6.45, 7) is 7.66. The van der Waals surface area contributed by atoms with E-state index in [1.165, 1.54) is 141 Å². The molecule has 1 N–H and O–H groups in total. The standard InChI is InChI=1S/C26H54O.C2H4O2/c1-3-5-7-9-11-13-15-17-19-21-23-25-27-26-24-22-20-18-16-14-12-10-8-6-4-2;1-2(3)4/h3-26H2,1-2H3;1H3,(H,3,4). The average Bonchev–Trinajstić information content (AvgIpc) is 2.74. The highest BCUT2D eigenvalue weighted by Crippen LogP contribution is 2.12. The van der Waals surface area contributed by atoms with Crippen molar-refractivity contribution >= 4 is 5.97 Å². The predicted molar refractivity (Wildman–Crippen MR) is 137 cm³/mol. The van der Waals surface area contributed by atoms with Gasteiger partial charge in [-0.25, -0.2) is 0 Å². The Balaban J connectivity index is 0. The molecule has 3 nitrogen and oxygen atoms in total. The van der Waals surface area contributed by atoms with Crippen LogP contribution in [0.15, 0.2) is 0 Å². The second-order valence-corrected chi connectivity index (χ2v) is 9.20. The van der Waals surface area contributed by atoms with Gasteiger partial charge in [-0.3, -0.25) is 4.79 Å². The van der Waals surface area contributed by atoms with E-state index in [1.54, 1.807) is 0 Å². The van der Waals surface area contributed by atoms with Crippen molar-refractivity contribution in [3.8, 4) is 0 Å². The third kappa shape index (κ3) is 40.3. The Morgan fingerprint density at radius 3 is 0.903 bits per heavy atom. The quantitative estimate of drug-likeness (QED) is 0.151. The summed E-state index contributed by atoms with van der Waals surface area (Å²) >= 11 is 0. The molecule has 0 bridgehead atoms. The molecule has 0 aliphatic carbocycles. The molecule has 0 aromatic heterocycles. The van der Waals surface area contributed by atoms with Gasteiger partial charge in [-0.2, -0.15) is 0 Å². The smallest absolute Gasteiger partial charge is 0.300 e. The van der Waals surface area contributed by atoms with Gasteiger partial charge >= 0.3 is 0 Å². The molecular weight excluding hydrogens is 384 g/mol. The number of ether oxygens (including phenoxy) is 1. The number of aliphatic carboxylic acids is 1. The first kappa shape index (κ1) is 32.6. The lowest BCUT2D eigenvalue weighted by atomic mass is 10.1. The fourth-order valence-corrected chi connectivity index (χ4v) is 3.84. The van der Waals surface area contributed by atoms with Gasteiger partial charge in [-0.05, 0) is 12.8 Å². The van der Waals surface area contributed by atoms with Crippen molar-refractivity contribution in [2.45, 2.75) is 162 Å². The third-order valence-corrected chi connectivity index (χ3v) is 5.78. The van der Waals surface area contributed by atoms with Crippen molar-refractivity contribution < 1.29 is 14.6 Å². The molecule has 0 saturated carbocycles. The number of rotatable bonds is 24. The van der Waals surface area contributed by atoms with Crippen LogP contribution in [0.2, 0.25) is 0 Å². The molecular formula is C28H58O3. The number of hydrogen-bond acceptors (Lipinski definition) is 2. The van der Waals surface area contributed by atoms with Crippen LogP contribution in [0.5, 0.6) is 0 Å². The molecule has 0 rings (SSSR count). The van der Waals surface area contributed by atoms with E-state index in [2.05, 4.69) is 13.8 Å². The molecule has 0 aromatic rings. The number of carboxylic acids is 1. The van der Waals surface area contributed by atoms with Crippen LogP contribution in [-0.2, 0) is 9.53 Å². The van der Waals surface area contributed by atoms with E-state index in [4.69, 9.17) is 14.6 Å². The van der Waals surface area contributed by atoms with E-state index in [-0.39, 0.29) is 0 Å². The van der Waals surface area contributed by atoms with Gasteiger partial charge in [0.25, 0.3) is 5.97 Å². The predicted octanol–water partition coefficient (Wildman–Crippen LogP) is 9.72. The van der Waals surface area contributed by atoms with Gasteiger partial charge in [0, 0.05) is 20.1 Å². The highest BCUT2D eigenvalue weighted by Gasteiger charge is 1.95. The van der Waals surface area contributed by atoms with E-state index in [0.29, 0.717) is 0 Å². The molecule has 0 saturated heterocycles. The van der Waals surface area contributed by atoms with Crippen LogP contribution < -0.4 is 0 Å². The maximum atomic E-state index is 9.00. The molecule has 0 radical (unpaired) electrons. The number of hydrogen-bond donors (Lipinski definition) is 1. The lowest BCUT2D eigenvalue weighted by Crippen LogP contribution is -1.97. The first-order chi connectivity index (χ1) is 15.1. The summed E-state index contributed by atoms with van der Waals surface area (Å²) in [6, 6.07) is 0. The fourth-order valence-electron chi connectivity index (χ4n) is 3.84. The maximum absolute atomic E-state index is 9.00. The zero-order valence-corrected chi connectivity index (χ0v) is 21.7. The van der Waals surface area contributed by atoms with E-state index >= 15 is 0 Å². The van der Waals surface area contributed by atoms with Crippen molar-refractivity contribution in [1.82, 2.24) is 0 Å². The molecule has 31 heavy (non-hydrogen) atoms. The van der Waals surface area contributed by atoms with Crippen LogP contribution in [0.1, 0.15) is 162 Å². The Morgan fingerprint density at radius 1 is 0.484 bits per heavy atom. The highest BCUT2D eigenvalue weighted by molar-refractivity contribution is 5.62. The molecule has 0 spiro atoms. The van der Waals surface area contributed by atoms with Crippen LogP contribution in [0, 0.1) is 0 Å². The Hall–Kier alpha value is -0.570. The molecule has 0 aromatic carbocycles. The summed E-state index contributed by atoms with van der Waals surface area (Å²) in [7, 11) is 0. The zero-order valence-electron chi connectivity index (χ0n) is 21.7. The van der Waals surface area contributed by atoms with Crippen LogP contribution in [-0.4, -0.2) is 24.3 Å². The second-order valence-electron chi connectivity index (χ2n) is 9.20. The fraction of sp³-hybridized carbons (Fsp3) is 0.964. The summed E-state index contributed by atoms with van der Waals surface area (Å²) in [4.78, 5) is 9.00. The zero-order chi connectivity index (χ0) is 23.3. The lowest BCUT2D eigenvalue weighted by Gasteiger charge is -2.05. The summed E-state index contributed by atoms with van der Waals surface area (Å²) in [5, 5.41) is 7.42. The SMILES string of the molecule is CC(=O)O.CCCCCCCCCCCCCOCCCCCCCCCCCCC. The molecule has 0 aliphatic heterocycles. The second kappa shape index (κ2) is 31.6. The van der Waals surface area contributed by atoms with Crippen molar-refractivity contribution in [1.29, 1.82) is 0 Å². The van der Waals surface area contributed by atoms with Crippen molar-refractivity contribution in [3.05, 3.63) is 0 Å².